The van der Waals surface area contributed by atoms with E-state index in [1.807, 2.05) is 48.7 Å². The zero-order chi connectivity index (χ0) is 22.5. The van der Waals surface area contributed by atoms with Crippen molar-refractivity contribution in [3.63, 3.8) is 0 Å². The zero-order valence-electron chi connectivity index (χ0n) is 18.1. The maximum absolute atomic E-state index is 13.0. The van der Waals surface area contributed by atoms with Crippen LogP contribution in [0.15, 0.2) is 48.5 Å². The molecule has 0 saturated carbocycles. The van der Waals surface area contributed by atoms with Gasteiger partial charge in [-0.3, -0.25) is 9.89 Å². The van der Waals surface area contributed by atoms with Crippen LogP contribution < -0.4 is 14.8 Å². The number of benzene rings is 2. The quantitative estimate of drug-likeness (QED) is 0.352. The molecule has 3 N–H and O–H groups in total. The van der Waals surface area contributed by atoms with Crippen LogP contribution in [0.2, 0.25) is 0 Å². The third-order valence-electron chi connectivity index (χ3n) is 5.16. The van der Waals surface area contributed by atoms with E-state index in [2.05, 4.69) is 25.5 Å². The van der Waals surface area contributed by atoms with E-state index in [4.69, 9.17) is 9.47 Å². The molecule has 2 aromatic carbocycles. The van der Waals surface area contributed by atoms with Gasteiger partial charge in [-0.1, -0.05) is 12.1 Å². The number of hydrogen-bond acceptors (Lipinski definition) is 6. The van der Waals surface area contributed by atoms with Crippen molar-refractivity contribution in [3.8, 4) is 22.8 Å². The van der Waals surface area contributed by atoms with Crippen LogP contribution in [-0.2, 0) is 0 Å². The van der Waals surface area contributed by atoms with Crippen LogP contribution in [0.25, 0.3) is 22.3 Å². The molecule has 1 amide bonds. The molecule has 8 nitrogen and oxygen atoms in total. The predicted octanol–water partition coefficient (Wildman–Crippen LogP) is 4.19. The van der Waals surface area contributed by atoms with Crippen molar-refractivity contribution in [2.75, 3.05) is 26.2 Å². The number of nitrogens with one attached hydrogen (secondary N) is 3. The van der Waals surface area contributed by atoms with Crippen molar-refractivity contribution in [1.82, 2.24) is 25.5 Å². The molecule has 166 valence electrons. The fraction of sp³-hybridized carbons (Fsp3) is 0.261. The molecule has 0 spiro atoms. The zero-order valence-corrected chi connectivity index (χ0v) is 19.0. The van der Waals surface area contributed by atoms with E-state index in [-0.39, 0.29) is 11.9 Å². The topological polar surface area (TPSA) is 105 Å². The molecule has 0 aliphatic heterocycles. The Kier molecular flexibility index (Phi) is 6.65. The third-order valence-corrected chi connectivity index (χ3v) is 5.80. The smallest absolute Gasteiger partial charge is 0.269 e. The van der Waals surface area contributed by atoms with Crippen LogP contribution in [0.1, 0.15) is 28.8 Å². The number of H-pyrrole nitrogens is 2. The number of aromatic amines is 2. The molecule has 0 unspecified atom stereocenters. The first kappa shape index (κ1) is 21.8. The standard InChI is InChI=1S/C23H25N5O3S/c1-30-20-9-8-14(12-21(20)31-2)18-13-19(28-27-18)23(29)26-17(10-11-32-3)22-24-15-6-4-5-7-16(15)25-22/h4-9,12-13,17H,10-11H2,1-3H3,(H,24,25)(H,26,29)(H,27,28)/t17-/m1/s1. The fourth-order valence-electron chi connectivity index (χ4n) is 3.47. The second kappa shape index (κ2) is 9.78. The number of carbonyl (C=O) groups excluding carboxylic acids is 1. The number of nitrogens with zero attached hydrogens (tertiary/aromatic N) is 2. The molecular formula is C23H25N5O3S. The predicted molar refractivity (Wildman–Crippen MR) is 126 cm³/mol. The Hall–Kier alpha value is -3.46. The van der Waals surface area contributed by atoms with Gasteiger partial charge in [-0.15, -0.1) is 0 Å². The van der Waals surface area contributed by atoms with Crippen LogP contribution >= 0.6 is 11.8 Å². The van der Waals surface area contributed by atoms with E-state index >= 15 is 0 Å². The van der Waals surface area contributed by atoms with Gasteiger partial charge in [-0.2, -0.15) is 16.9 Å². The number of rotatable bonds is 9. The number of imidazole rings is 1. The minimum absolute atomic E-state index is 0.240. The highest BCUT2D eigenvalue weighted by Crippen LogP contribution is 2.31. The van der Waals surface area contributed by atoms with E-state index in [0.717, 1.165) is 34.6 Å². The second-order valence-corrected chi connectivity index (χ2v) is 8.17. The molecule has 0 saturated heterocycles. The molecular weight excluding hydrogens is 426 g/mol. The minimum atomic E-state index is -0.241. The van der Waals surface area contributed by atoms with Crippen LogP contribution in [0.4, 0.5) is 0 Å². The Morgan fingerprint density at radius 2 is 1.94 bits per heavy atom. The highest BCUT2D eigenvalue weighted by molar-refractivity contribution is 7.98. The highest BCUT2D eigenvalue weighted by atomic mass is 32.2. The van der Waals surface area contributed by atoms with Crippen molar-refractivity contribution in [2.24, 2.45) is 0 Å². The summed E-state index contributed by atoms with van der Waals surface area (Å²) in [6.45, 7) is 0. The molecule has 9 heteroatoms. The summed E-state index contributed by atoms with van der Waals surface area (Å²) in [5.74, 6) is 2.62. The molecule has 2 heterocycles. The summed E-state index contributed by atoms with van der Waals surface area (Å²) >= 11 is 1.73. The van der Waals surface area contributed by atoms with Gasteiger partial charge in [0.2, 0.25) is 0 Å². The summed E-state index contributed by atoms with van der Waals surface area (Å²) in [5, 5.41) is 10.2. The first-order valence-corrected chi connectivity index (χ1v) is 11.5. The molecule has 2 aromatic heterocycles. The van der Waals surface area contributed by atoms with Crippen molar-refractivity contribution in [3.05, 3.63) is 60.0 Å². The Morgan fingerprint density at radius 3 is 2.69 bits per heavy atom. The molecule has 1 atom stereocenters. The monoisotopic (exact) mass is 451 g/mol. The van der Waals surface area contributed by atoms with Crippen molar-refractivity contribution in [2.45, 2.75) is 12.5 Å². The van der Waals surface area contributed by atoms with Crippen LogP contribution in [0, 0.1) is 0 Å². The van der Waals surface area contributed by atoms with Gasteiger partial charge in [0.15, 0.2) is 11.5 Å². The molecule has 4 aromatic rings. The van der Waals surface area contributed by atoms with Crippen LogP contribution in [0.3, 0.4) is 0 Å². The number of fused-ring (bicyclic) bond motifs is 1. The summed E-state index contributed by atoms with van der Waals surface area (Å²) < 4.78 is 10.6. The maximum atomic E-state index is 13.0. The number of hydrogen-bond donors (Lipinski definition) is 3. The number of methoxy groups -OCH3 is 2. The summed E-state index contributed by atoms with van der Waals surface area (Å²) in [6, 6.07) is 14.8. The highest BCUT2D eigenvalue weighted by Gasteiger charge is 2.21. The van der Waals surface area contributed by atoms with E-state index in [0.29, 0.717) is 22.9 Å². The lowest BCUT2D eigenvalue weighted by Gasteiger charge is -2.15. The average Bonchev–Trinajstić information content (AvgIpc) is 3.48. The summed E-state index contributed by atoms with van der Waals surface area (Å²) in [7, 11) is 3.17. The first-order chi connectivity index (χ1) is 15.6. The normalized spacial score (nSPS) is 12.0. The van der Waals surface area contributed by atoms with Gasteiger partial charge in [0.25, 0.3) is 5.91 Å². The van der Waals surface area contributed by atoms with Gasteiger partial charge in [-0.25, -0.2) is 4.98 Å². The SMILES string of the molecule is COc1ccc(-c2cc(C(=O)N[C@H](CCSC)c3nc4ccccc4[nH]3)[nH]n2)cc1OC. The number of amides is 1. The third kappa shape index (κ3) is 4.57. The summed E-state index contributed by atoms with van der Waals surface area (Å²) in [5.41, 5.74) is 3.65. The van der Waals surface area contributed by atoms with Gasteiger partial charge in [0, 0.05) is 5.56 Å². The second-order valence-electron chi connectivity index (χ2n) is 7.18. The molecule has 0 aliphatic rings. The van der Waals surface area contributed by atoms with Crippen molar-refractivity contribution in [1.29, 1.82) is 0 Å². The van der Waals surface area contributed by atoms with Crippen LogP contribution in [-0.4, -0.2) is 52.3 Å². The number of carbonyl (C=O) groups is 1. The summed E-state index contributed by atoms with van der Waals surface area (Å²) in [4.78, 5) is 21.0. The van der Waals surface area contributed by atoms with Crippen molar-refractivity contribution >= 4 is 28.7 Å². The maximum Gasteiger partial charge on any atom is 0.269 e. The Labute approximate surface area is 190 Å². The van der Waals surface area contributed by atoms with Gasteiger partial charge in [0.1, 0.15) is 11.5 Å². The molecule has 4 rings (SSSR count). The van der Waals surface area contributed by atoms with E-state index < -0.39 is 0 Å². The first-order valence-electron chi connectivity index (χ1n) is 10.1. The number of ether oxygens (including phenoxy) is 2. The van der Waals surface area contributed by atoms with Crippen molar-refractivity contribution < 1.29 is 14.3 Å². The number of thioether (sulfide) groups is 1. The van der Waals surface area contributed by atoms with Gasteiger partial charge < -0.3 is 19.8 Å². The Morgan fingerprint density at radius 1 is 1.12 bits per heavy atom. The largest absolute Gasteiger partial charge is 0.493 e. The van der Waals surface area contributed by atoms with Crippen LogP contribution in [0.5, 0.6) is 11.5 Å². The lowest BCUT2D eigenvalue weighted by molar-refractivity contribution is 0.0929. The van der Waals surface area contributed by atoms with E-state index in [1.165, 1.54) is 0 Å². The lowest BCUT2D eigenvalue weighted by atomic mass is 10.1. The summed E-state index contributed by atoms with van der Waals surface area (Å²) in [6.07, 6.45) is 2.80. The van der Waals surface area contributed by atoms with E-state index in [1.54, 1.807) is 32.0 Å². The van der Waals surface area contributed by atoms with Gasteiger partial charge in [0.05, 0.1) is 37.0 Å². The number of para-hydroxylation sites is 2. The Balaban J connectivity index is 1.54. The molecule has 0 bridgehead atoms. The van der Waals surface area contributed by atoms with Gasteiger partial charge in [-0.05, 0) is 54.8 Å². The van der Waals surface area contributed by atoms with Gasteiger partial charge >= 0.3 is 0 Å². The lowest BCUT2D eigenvalue weighted by Crippen LogP contribution is -2.30. The molecule has 0 aliphatic carbocycles. The fourth-order valence-corrected chi connectivity index (χ4v) is 3.94. The Bertz CT molecular complexity index is 1190. The molecule has 32 heavy (non-hydrogen) atoms. The number of aromatic nitrogens is 4. The molecule has 0 radical (unpaired) electrons. The average molecular weight is 452 g/mol. The minimum Gasteiger partial charge on any atom is -0.493 e. The molecule has 0 fully saturated rings. The van der Waals surface area contributed by atoms with E-state index in [9.17, 15) is 4.79 Å².